The van der Waals surface area contributed by atoms with Crippen LogP contribution in [0.2, 0.25) is 0 Å². The first-order valence-electron chi connectivity index (χ1n) is 6.61. The number of nitrogens with one attached hydrogen (secondary N) is 1. The van der Waals surface area contributed by atoms with E-state index in [-0.39, 0.29) is 0 Å². The molecule has 1 aromatic rings. The molecule has 1 aliphatic rings. The van der Waals surface area contributed by atoms with Crippen molar-refractivity contribution in [1.82, 2.24) is 10.3 Å². The second-order valence-electron chi connectivity index (χ2n) is 5.08. The Hall–Kier alpha value is -1.23. The van der Waals surface area contributed by atoms with E-state index in [9.17, 15) is 0 Å². The number of nitrogens with zero attached hydrogens (tertiary/aromatic N) is 2. The molecule has 1 unspecified atom stereocenters. The third kappa shape index (κ3) is 4.42. The minimum Gasteiger partial charge on any atom is -0.481 e. The predicted octanol–water partition coefficient (Wildman–Crippen LogP) is 2.70. The van der Waals surface area contributed by atoms with E-state index in [0.717, 1.165) is 29.7 Å². The van der Waals surface area contributed by atoms with Crippen LogP contribution in [0.5, 0.6) is 5.88 Å². The van der Waals surface area contributed by atoms with Gasteiger partial charge in [-0.3, -0.25) is 4.99 Å². The highest BCUT2D eigenvalue weighted by atomic mass is 32.2. The Labute approximate surface area is 119 Å². The number of rotatable bonds is 5. The zero-order chi connectivity index (χ0) is 13.7. The average Bonchev–Trinajstić information content (AvgIpc) is 2.83. The third-order valence-electron chi connectivity index (χ3n) is 2.90. The predicted molar refractivity (Wildman–Crippen MR) is 80.8 cm³/mol. The molecule has 1 N–H and O–H groups in total. The average molecular weight is 279 g/mol. The first-order valence-corrected chi connectivity index (χ1v) is 7.49. The molecule has 0 saturated heterocycles. The maximum Gasteiger partial charge on any atom is 0.213 e. The summed E-state index contributed by atoms with van der Waals surface area (Å²) in [6.45, 7) is 6.22. The topological polar surface area (TPSA) is 46.5 Å². The van der Waals surface area contributed by atoms with Gasteiger partial charge in [-0.1, -0.05) is 25.6 Å². The van der Waals surface area contributed by atoms with Crippen LogP contribution in [0.25, 0.3) is 0 Å². The lowest BCUT2D eigenvalue weighted by Crippen LogP contribution is -2.19. The molecule has 0 amide bonds. The Bertz CT molecular complexity index is 448. The smallest absolute Gasteiger partial charge is 0.213 e. The fraction of sp³-hybridized carbons (Fsp3) is 0.571. The van der Waals surface area contributed by atoms with Gasteiger partial charge in [0.15, 0.2) is 5.17 Å². The lowest BCUT2D eigenvalue weighted by atomic mass is 10.1. The van der Waals surface area contributed by atoms with Crippen molar-refractivity contribution in [1.29, 1.82) is 0 Å². The summed E-state index contributed by atoms with van der Waals surface area (Å²) in [4.78, 5) is 8.65. The molecule has 0 saturated carbocycles. The molecule has 0 aromatic carbocycles. The summed E-state index contributed by atoms with van der Waals surface area (Å²) in [5.74, 6) is 1.38. The summed E-state index contributed by atoms with van der Waals surface area (Å²) in [6.07, 6.45) is 2.99. The quantitative estimate of drug-likeness (QED) is 0.900. The molecule has 1 atom stereocenters. The van der Waals surface area contributed by atoms with Crippen molar-refractivity contribution in [2.45, 2.75) is 32.1 Å². The Morgan fingerprint density at radius 2 is 2.37 bits per heavy atom. The van der Waals surface area contributed by atoms with Crippen LogP contribution in [0.3, 0.4) is 0 Å². The SMILES string of the molecule is COc1cc(CNC2=NCC(CC(C)C)S2)ccn1. The van der Waals surface area contributed by atoms with Crippen LogP contribution >= 0.6 is 11.8 Å². The van der Waals surface area contributed by atoms with Gasteiger partial charge in [0, 0.05) is 24.1 Å². The van der Waals surface area contributed by atoms with Crippen molar-refractivity contribution in [3.8, 4) is 5.88 Å². The molecule has 0 aliphatic carbocycles. The van der Waals surface area contributed by atoms with Crippen LogP contribution in [0.4, 0.5) is 0 Å². The van der Waals surface area contributed by atoms with E-state index >= 15 is 0 Å². The molecular weight excluding hydrogens is 258 g/mol. The molecular formula is C14H21N3OS. The molecule has 4 nitrogen and oxygen atoms in total. The van der Waals surface area contributed by atoms with Gasteiger partial charge in [-0.15, -0.1) is 0 Å². The van der Waals surface area contributed by atoms with Gasteiger partial charge in [0.2, 0.25) is 5.88 Å². The number of amidine groups is 1. The van der Waals surface area contributed by atoms with E-state index in [1.165, 1.54) is 6.42 Å². The summed E-state index contributed by atoms with van der Waals surface area (Å²) < 4.78 is 5.11. The summed E-state index contributed by atoms with van der Waals surface area (Å²) in [6, 6.07) is 3.93. The van der Waals surface area contributed by atoms with E-state index in [1.54, 1.807) is 13.3 Å². The molecule has 2 heterocycles. The third-order valence-corrected chi connectivity index (χ3v) is 4.07. The van der Waals surface area contributed by atoms with Crippen molar-refractivity contribution in [2.75, 3.05) is 13.7 Å². The van der Waals surface area contributed by atoms with Gasteiger partial charge in [0.25, 0.3) is 0 Å². The van der Waals surface area contributed by atoms with E-state index in [1.807, 2.05) is 23.9 Å². The van der Waals surface area contributed by atoms with Crippen LogP contribution < -0.4 is 10.1 Å². The van der Waals surface area contributed by atoms with Gasteiger partial charge in [0.05, 0.1) is 13.7 Å². The van der Waals surface area contributed by atoms with Crippen LogP contribution in [0.15, 0.2) is 23.3 Å². The number of ether oxygens (including phenoxy) is 1. The number of methoxy groups -OCH3 is 1. The lowest BCUT2D eigenvalue weighted by Gasteiger charge is -2.11. The molecule has 19 heavy (non-hydrogen) atoms. The molecule has 0 spiro atoms. The van der Waals surface area contributed by atoms with Crippen molar-refractivity contribution >= 4 is 16.9 Å². The van der Waals surface area contributed by atoms with E-state index in [0.29, 0.717) is 11.1 Å². The molecule has 0 fully saturated rings. The van der Waals surface area contributed by atoms with Gasteiger partial charge in [-0.05, 0) is 24.0 Å². The first-order chi connectivity index (χ1) is 9.17. The van der Waals surface area contributed by atoms with E-state index in [2.05, 4.69) is 29.1 Å². The fourth-order valence-electron chi connectivity index (χ4n) is 2.01. The molecule has 2 rings (SSSR count). The highest BCUT2D eigenvalue weighted by Gasteiger charge is 2.20. The molecule has 0 bridgehead atoms. The normalized spacial score (nSPS) is 18.5. The number of hydrogen-bond acceptors (Lipinski definition) is 5. The van der Waals surface area contributed by atoms with Crippen molar-refractivity contribution in [3.05, 3.63) is 23.9 Å². The first kappa shape index (κ1) is 14.2. The lowest BCUT2D eigenvalue weighted by molar-refractivity contribution is 0.397. The number of aliphatic imine (C=N–C) groups is 1. The molecule has 104 valence electrons. The van der Waals surface area contributed by atoms with Crippen LogP contribution in [0, 0.1) is 5.92 Å². The Morgan fingerprint density at radius 1 is 1.53 bits per heavy atom. The van der Waals surface area contributed by atoms with Gasteiger partial charge >= 0.3 is 0 Å². The summed E-state index contributed by atoms with van der Waals surface area (Å²) in [5.41, 5.74) is 1.16. The summed E-state index contributed by atoms with van der Waals surface area (Å²) >= 11 is 1.86. The number of aromatic nitrogens is 1. The number of hydrogen-bond donors (Lipinski definition) is 1. The minimum absolute atomic E-state index is 0.634. The monoisotopic (exact) mass is 279 g/mol. The van der Waals surface area contributed by atoms with Gasteiger partial charge in [-0.2, -0.15) is 0 Å². The second kappa shape index (κ2) is 6.80. The van der Waals surface area contributed by atoms with E-state index in [4.69, 9.17) is 4.74 Å². The van der Waals surface area contributed by atoms with Crippen molar-refractivity contribution in [3.63, 3.8) is 0 Å². The van der Waals surface area contributed by atoms with Crippen LogP contribution in [-0.4, -0.2) is 29.1 Å². The Kier molecular flexibility index (Phi) is 5.07. The van der Waals surface area contributed by atoms with Crippen LogP contribution in [-0.2, 0) is 6.54 Å². The second-order valence-corrected chi connectivity index (χ2v) is 6.36. The number of pyridine rings is 1. The summed E-state index contributed by atoms with van der Waals surface area (Å²) in [7, 11) is 1.63. The zero-order valence-electron chi connectivity index (χ0n) is 11.7. The molecule has 1 aliphatic heterocycles. The standard InChI is InChI=1S/C14H21N3OS/c1-10(2)6-12-9-17-14(19-12)16-8-11-4-5-15-13(7-11)18-3/h4-5,7,10,12H,6,8-9H2,1-3H3,(H,16,17). The van der Waals surface area contributed by atoms with Crippen molar-refractivity contribution in [2.24, 2.45) is 10.9 Å². The maximum atomic E-state index is 5.11. The minimum atomic E-state index is 0.634. The maximum absolute atomic E-state index is 5.11. The van der Waals surface area contributed by atoms with Gasteiger partial charge in [0.1, 0.15) is 0 Å². The summed E-state index contributed by atoms with van der Waals surface area (Å²) in [5, 5.41) is 5.07. The molecule has 1 aromatic heterocycles. The fourth-order valence-corrected chi connectivity index (χ4v) is 3.26. The Morgan fingerprint density at radius 3 is 3.11 bits per heavy atom. The Balaban J connectivity index is 1.80. The van der Waals surface area contributed by atoms with E-state index < -0.39 is 0 Å². The number of thioether (sulfide) groups is 1. The largest absolute Gasteiger partial charge is 0.481 e. The zero-order valence-corrected chi connectivity index (χ0v) is 12.5. The van der Waals surface area contributed by atoms with Crippen LogP contribution in [0.1, 0.15) is 25.8 Å². The van der Waals surface area contributed by atoms with Crippen molar-refractivity contribution < 1.29 is 4.74 Å². The van der Waals surface area contributed by atoms with Gasteiger partial charge < -0.3 is 10.1 Å². The molecule has 5 heteroatoms. The molecule has 0 radical (unpaired) electrons. The highest BCUT2D eigenvalue weighted by Crippen LogP contribution is 2.25. The highest BCUT2D eigenvalue weighted by molar-refractivity contribution is 8.14. The van der Waals surface area contributed by atoms with Gasteiger partial charge in [-0.25, -0.2) is 4.98 Å².